The van der Waals surface area contributed by atoms with Crippen molar-refractivity contribution in [2.45, 2.75) is 13.0 Å². The molecule has 1 heterocycles. The molecule has 0 spiro atoms. The number of methoxy groups -OCH3 is 1. The molecule has 0 amide bonds. The third-order valence-electron chi connectivity index (χ3n) is 3.17. The van der Waals surface area contributed by atoms with Crippen molar-refractivity contribution >= 4 is 0 Å². The highest BCUT2D eigenvalue weighted by Crippen LogP contribution is 2.20. The summed E-state index contributed by atoms with van der Waals surface area (Å²) in [4.78, 5) is 0. The summed E-state index contributed by atoms with van der Waals surface area (Å²) in [5.74, 6) is 1.24. The quantitative estimate of drug-likeness (QED) is 0.859. The zero-order valence-corrected chi connectivity index (χ0v) is 10.6. The molecule has 1 saturated heterocycles. The van der Waals surface area contributed by atoms with Crippen LogP contribution in [0.15, 0.2) is 18.2 Å². The Balaban J connectivity index is 1.87. The molecule has 0 bridgehead atoms. The highest BCUT2D eigenvalue weighted by atomic mass is 16.5. The molecule has 1 aromatic rings. The highest BCUT2D eigenvalue weighted by Gasteiger charge is 2.14. The van der Waals surface area contributed by atoms with Gasteiger partial charge in [0, 0.05) is 6.54 Å². The second-order valence-corrected chi connectivity index (χ2v) is 4.52. The first-order valence-corrected chi connectivity index (χ1v) is 6.19. The van der Waals surface area contributed by atoms with Gasteiger partial charge < -0.3 is 14.8 Å². The van der Waals surface area contributed by atoms with E-state index in [0.717, 1.165) is 25.3 Å². The number of ether oxygens (including phenoxy) is 2. The molecule has 1 aliphatic rings. The molecule has 1 fully saturated rings. The van der Waals surface area contributed by atoms with Crippen LogP contribution in [0.25, 0.3) is 0 Å². The van der Waals surface area contributed by atoms with Crippen molar-refractivity contribution in [2.24, 2.45) is 5.92 Å². The van der Waals surface area contributed by atoms with Gasteiger partial charge in [-0.2, -0.15) is 5.26 Å². The first-order chi connectivity index (χ1) is 8.83. The van der Waals surface area contributed by atoms with E-state index in [2.05, 4.69) is 11.4 Å². The van der Waals surface area contributed by atoms with Gasteiger partial charge in [0.15, 0.2) is 0 Å². The molecule has 2 rings (SSSR count). The molecule has 4 heteroatoms. The van der Waals surface area contributed by atoms with Gasteiger partial charge in [-0.3, -0.25) is 0 Å². The van der Waals surface area contributed by atoms with E-state index in [1.165, 1.54) is 6.42 Å². The largest absolute Gasteiger partial charge is 0.495 e. The van der Waals surface area contributed by atoms with Crippen LogP contribution in [0, 0.1) is 17.2 Å². The summed E-state index contributed by atoms with van der Waals surface area (Å²) in [5, 5.41) is 12.2. The van der Waals surface area contributed by atoms with E-state index < -0.39 is 0 Å². The zero-order chi connectivity index (χ0) is 12.8. The fourth-order valence-electron chi connectivity index (χ4n) is 2.12. The standard InChI is InChI=1S/C14H18N2O2/c1-17-14-6-11(2-3-13(14)7-15)9-18-10-12-4-5-16-8-12/h2-3,6,12,16H,4-5,8-10H2,1H3. The van der Waals surface area contributed by atoms with Gasteiger partial charge in [-0.25, -0.2) is 0 Å². The maximum Gasteiger partial charge on any atom is 0.136 e. The van der Waals surface area contributed by atoms with Gasteiger partial charge in [0.05, 0.1) is 25.9 Å². The van der Waals surface area contributed by atoms with Gasteiger partial charge in [-0.05, 0) is 36.6 Å². The van der Waals surface area contributed by atoms with Gasteiger partial charge in [0.2, 0.25) is 0 Å². The molecule has 1 N–H and O–H groups in total. The predicted octanol–water partition coefficient (Wildman–Crippen LogP) is 1.69. The first kappa shape index (κ1) is 12.9. The molecular weight excluding hydrogens is 228 g/mol. The van der Waals surface area contributed by atoms with E-state index in [-0.39, 0.29) is 0 Å². The van der Waals surface area contributed by atoms with Gasteiger partial charge in [-0.1, -0.05) is 6.07 Å². The van der Waals surface area contributed by atoms with Crippen molar-refractivity contribution < 1.29 is 9.47 Å². The molecule has 0 radical (unpaired) electrons. The molecule has 1 aromatic carbocycles. The van der Waals surface area contributed by atoms with E-state index in [1.54, 1.807) is 13.2 Å². The van der Waals surface area contributed by atoms with Crippen molar-refractivity contribution in [1.29, 1.82) is 5.26 Å². The number of hydrogen-bond donors (Lipinski definition) is 1. The summed E-state index contributed by atoms with van der Waals surface area (Å²) >= 11 is 0. The van der Waals surface area contributed by atoms with E-state index >= 15 is 0 Å². The summed E-state index contributed by atoms with van der Waals surface area (Å²) in [7, 11) is 1.57. The predicted molar refractivity (Wildman–Crippen MR) is 68.3 cm³/mol. The van der Waals surface area contributed by atoms with Crippen LogP contribution in [0.2, 0.25) is 0 Å². The summed E-state index contributed by atoms with van der Waals surface area (Å²) in [6.07, 6.45) is 1.19. The van der Waals surface area contributed by atoms with Crippen LogP contribution in [0.5, 0.6) is 5.75 Å². The van der Waals surface area contributed by atoms with Crippen molar-refractivity contribution in [3.05, 3.63) is 29.3 Å². The number of hydrogen-bond acceptors (Lipinski definition) is 4. The first-order valence-electron chi connectivity index (χ1n) is 6.19. The smallest absolute Gasteiger partial charge is 0.136 e. The Bertz CT molecular complexity index is 434. The van der Waals surface area contributed by atoms with Crippen molar-refractivity contribution in [1.82, 2.24) is 5.32 Å². The van der Waals surface area contributed by atoms with E-state index in [0.29, 0.717) is 23.8 Å². The Kier molecular flexibility index (Phi) is 4.57. The lowest BCUT2D eigenvalue weighted by Gasteiger charge is -2.10. The topological polar surface area (TPSA) is 54.3 Å². The minimum atomic E-state index is 0.557. The number of benzene rings is 1. The maximum absolute atomic E-state index is 8.89. The molecule has 4 nitrogen and oxygen atoms in total. The second kappa shape index (κ2) is 6.39. The molecule has 0 aromatic heterocycles. The lowest BCUT2D eigenvalue weighted by Crippen LogP contribution is -2.13. The van der Waals surface area contributed by atoms with Crippen molar-refractivity contribution in [3.8, 4) is 11.8 Å². The van der Waals surface area contributed by atoms with Gasteiger partial charge in [0.1, 0.15) is 11.8 Å². The Morgan fingerprint density at radius 3 is 3.06 bits per heavy atom. The average molecular weight is 246 g/mol. The van der Waals surface area contributed by atoms with Crippen LogP contribution in [-0.2, 0) is 11.3 Å². The summed E-state index contributed by atoms with van der Waals surface area (Å²) in [6, 6.07) is 7.65. The summed E-state index contributed by atoms with van der Waals surface area (Å²) in [6.45, 7) is 3.50. The van der Waals surface area contributed by atoms with Crippen LogP contribution >= 0.6 is 0 Å². The fourth-order valence-corrected chi connectivity index (χ4v) is 2.12. The number of nitriles is 1. The number of rotatable bonds is 5. The van der Waals surface area contributed by atoms with Crippen LogP contribution in [-0.4, -0.2) is 26.8 Å². The molecule has 0 saturated carbocycles. The highest BCUT2D eigenvalue weighted by molar-refractivity contribution is 5.45. The zero-order valence-electron chi connectivity index (χ0n) is 10.6. The second-order valence-electron chi connectivity index (χ2n) is 4.52. The normalized spacial score (nSPS) is 18.6. The Labute approximate surface area is 108 Å². The molecule has 1 unspecified atom stereocenters. The van der Waals surface area contributed by atoms with E-state index in [1.807, 2.05) is 12.1 Å². The molecule has 1 atom stereocenters. The minimum Gasteiger partial charge on any atom is -0.495 e. The van der Waals surface area contributed by atoms with Crippen LogP contribution < -0.4 is 10.1 Å². The van der Waals surface area contributed by atoms with Crippen LogP contribution in [0.4, 0.5) is 0 Å². The van der Waals surface area contributed by atoms with Gasteiger partial charge in [0.25, 0.3) is 0 Å². The molecular formula is C14H18N2O2. The summed E-state index contributed by atoms with van der Waals surface area (Å²) in [5.41, 5.74) is 1.60. The van der Waals surface area contributed by atoms with Crippen LogP contribution in [0.1, 0.15) is 17.5 Å². The Morgan fingerprint density at radius 2 is 2.39 bits per heavy atom. The number of nitrogens with one attached hydrogen (secondary N) is 1. The monoisotopic (exact) mass is 246 g/mol. The van der Waals surface area contributed by atoms with Crippen molar-refractivity contribution in [2.75, 3.05) is 26.8 Å². The average Bonchev–Trinajstić information content (AvgIpc) is 2.91. The Morgan fingerprint density at radius 1 is 1.50 bits per heavy atom. The summed E-state index contributed by atoms with van der Waals surface area (Å²) < 4.78 is 10.9. The molecule has 1 aliphatic heterocycles. The third-order valence-corrected chi connectivity index (χ3v) is 3.17. The van der Waals surface area contributed by atoms with Gasteiger partial charge in [-0.15, -0.1) is 0 Å². The lowest BCUT2D eigenvalue weighted by molar-refractivity contribution is 0.0923. The molecule has 96 valence electrons. The molecule has 0 aliphatic carbocycles. The fraction of sp³-hybridized carbons (Fsp3) is 0.500. The molecule has 18 heavy (non-hydrogen) atoms. The van der Waals surface area contributed by atoms with Gasteiger partial charge >= 0.3 is 0 Å². The minimum absolute atomic E-state index is 0.557. The van der Waals surface area contributed by atoms with Crippen LogP contribution in [0.3, 0.4) is 0 Å². The Hall–Kier alpha value is -1.57. The SMILES string of the molecule is COc1cc(COCC2CCNC2)ccc1C#N. The van der Waals surface area contributed by atoms with E-state index in [4.69, 9.17) is 14.7 Å². The lowest BCUT2D eigenvalue weighted by atomic mass is 10.1. The third kappa shape index (κ3) is 3.22. The number of nitrogens with zero attached hydrogens (tertiary/aromatic N) is 1. The van der Waals surface area contributed by atoms with E-state index in [9.17, 15) is 0 Å². The maximum atomic E-state index is 8.89. The van der Waals surface area contributed by atoms with Crippen molar-refractivity contribution in [3.63, 3.8) is 0 Å².